The Morgan fingerprint density at radius 1 is 1.17 bits per heavy atom. The molecule has 1 aliphatic heterocycles. The van der Waals surface area contributed by atoms with Crippen LogP contribution >= 0.6 is 0 Å². The number of hydrazone groups is 1. The van der Waals surface area contributed by atoms with E-state index in [1.807, 2.05) is 30.3 Å². The van der Waals surface area contributed by atoms with Gasteiger partial charge in [0.05, 0.1) is 12.1 Å². The van der Waals surface area contributed by atoms with Gasteiger partial charge in [-0.1, -0.05) is 18.2 Å². The van der Waals surface area contributed by atoms with Gasteiger partial charge in [-0.2, -0.15) is 5.10 Å². The molecule has 59 valence electrons. The largest absolute Gasteiger partial charge is 0.272 e. The minimum atomic E-state index is -0.0961. The molecule has 0 aliphatic carbocycles. The summed E-state index contributed by atoms with van der Waals surface area (Å²) in [5.74, 6) is -0.0961. The predicted molar refractivity (Wildman–Crippen MR) is 46.7 cm³/mol. The van der Waals surface area contributed by atoms with Gasteiger partial charge >= 0.3 is 0 Å². The van der Waals surface area contributed by atoms with Gasteiger partial charge in [0.2, 0.25) is 0 Å². The van der Waals surface area contributed by atoms with Crippen LogP contribution in [0.2, 0.25) is 0 Å². The Balaban J connectivity index is 2.31. The molecule has 0 atom stereocenters. The molecule has 1 amide bonds. The average molecular weight is 159 g/mol. The van der Waals surface area contributed by atoms with E-state index in [-0.39, 0.29) is 5.91 Å². The molecule has 0 aromatic heterocycles. The number of para-hydroxylation sites is 1. The standard InChI is InChI=1S/C9H7N2O/c12-9-6-7-10-11(9)8-4-2-1-3-5-8/h1-7H. The maximum absolute atomic E-state index is 11.1. The molecule has 3 nitrogen and oxygen atoms in total. The van der Waals surface area contributed by atoms with Gasteiger partial charge in [-0.05, 0) is 12.1 Å². The van der Waals surface area contributed by atoms with Crippen molar-refractivity contribution in [2.75, 3.05) is 5.01 Å². The minimum Gasteiger partial charge on any atom is -0.272 e. The fourth-order valence-electron chi connectivity index (χ4n) is 1.05. The molecule has 1 aliphatic rings. The van der Waals surface area contributed by atoms with Crippen LogP contribution in [-0.2, 0) is 4.79 Å². The van der Waals surface area contributed by atoms with E-state index >= 15 is 0 Å². The van der Waals surface area contributed by atoms with Gasteiger partial charge in [0.25, 0.3) is 5.91 Å². The van der Waals surface area contributed by atoms with Gasteiger partial charge in [0.1, 0.15) is 0 Å². The first kappa shape index (κ1) is 7.03. The lowest BCUT2D eigenvalue weighted by molar-refractivity contribution is -0.114. The Kier molecular flexibility index (Phi) is 1.63. The van der Waals surface area contributed by atoms with Crippen molar-refractivity contribution in [3.05, 3.63) is 36.8 Å². The van der Waals surface area contributed by atoms with Crippen molar-refractivity contribution in [2.45, 2.75) is 0 Å². The van der Waals surface area contributed by atoms with Gasteiger partial charge in [0, 0.05) is 6.21 Å². The van der Waals surface area contributed by atoms with Crippen LogP contribution in [0.1, 0.15) is 0 Å². The lowest BCUT2D eigenvalue weighted by atomic mass is 10.3. The van der Waals surface area contributed by atoms with E-state index < -0.39 is 0 Å². The highest BCUT2D eigenvalue weighted by molar-refractivity contribution is 6.14. The first-order valence-electron chi connectivity index (χ1n) is 3.64. The third-order valence-corrected chi connectivity index (χ3v) is 1.61. The monoisotopic (exact) mass is 159 g/mol. The third-order valence-electron chi connectivity index (χ3n) is 1.61. The van der Waals surface area contributed by atoms with Gasteiger partial charge < -0.3 is 0 Å². The van der Waals surface area contributed by atoms with Crippen molar-refractivity contribution in [1.82, 2.24) is 0 Å². The van der Waals surface area contributed by atoms with E-state index in [0.717, 1.165) is 5.69 Å². The van der Waals surface area contributed by atoms with Crippen molar-refractivity contribution in [1.29, 1.82) is 0 Å². The van der Waals surface area contributed by atoms with Crippen LogP contribution in [0, 0.1) is 6.42 Å². The zero-order valence-corrected chi connectivity index (χ0v) is 6.34. The number of hydrogen-bond donors (Lipinski definition) is 0. The van der Waals surface area contributed by atoms with Gasteiger partial charge in [-0.15, -0.1) is 0 Å². The second-order valence-corrected chi connectivity index (χ2v) is 2.42. The zero-order valence-electron chi connectivity index (χ0n) is 6.34. The normalized spacial score (nSPS) is 15.7. The van der Waals surface area contributed by atoms with Crippen molar-refractivity contribution in [2.24, 2.45) is 5.10 Å². The topological polar surface area (TPSA) is 32.7 Å². The number of carbonyl (C=O) groups is 1. The van der Waals surface area contributed by atoms with E-state index in [9.17, 15) is 4.79 Å². The third kappa shape index (κ3) is 1.09. The Hall–Kier alpha value is -1.64. The van der Waals surface area contributed by atoms with E-state index in [4.69, 9.17) is 0 Å². The van der Waals surface area contributed by atoms with Crippen LogP contribution in [0.15, 0.2) is 35.4 Å². The molecule has 12 heavy (non-hydrogen) atoms. The van der Waals surface area contributed by atoms with Crippen LogP contribution in [0.3, 0.4) is 0 Å². The molecular weight excluding hydrogens is 152 g/mol. The molecule has 3 heteroatoms. The molecule has 0 saturated heterocycles. The summed E-state index contributed by atoms with van der Waals surface area (Å²) in [6.07, 6.45) is 2.93. The minimum absolute atomic E-state index is 0.0961. The van der Waals surface area contributed by atoms with E-state index in [1.165, 1.54) is 17.6 Å². The van der Waals surface area contributed by atoms with Crippen molar-refractivity contribution >= 4 is 17.8 Å². The first-order valence-corrected chi connectivity index (χ1v) is 3.64. The van der Waals surface area contributed by atoms with Gasteiger partial charge in [0.15, 0.2) is 0 Å². The van der Waals surface area contributed by atoms with Gasteiger partial charge in [-0.25, -0.2) is 5.01 Å². The molecular formula is C9H7N2O. The number of hydrogen-bond acceptors (Lipinski definition) is 2. The number of anilines is 1. The first-order chi connectivity index (χ1) is 5.88. The number of rotatable bonds is 1. The molecule has 1 aromatic carbocycles. The summed E-state index contributed by atoms with van der Waals surface area (Å²) in [5.41, 5.74) is 0.799. The highest BCUT2D eigenvalue weighted by Crippen LogP contribution is 2.16. The molecule has 0 unspecified atom stereocenters. The Morgan fingerprint density at radius 2 is 1.92 bits per heavy atom. The smallest absolute Gasteiger partial charge is 0.257 e. The maximum atomic E-state index is 11.1. The summed E-state index contributed by atoms with van der Waals surface area (Å²) >= 11 is 0. The molecule has 1 aromatic rings. The highest BCUT2D eigenvalue weighted by Gasteiger charge is 2.17. The molecule has 0 N–H and O–H groups in total. The lowest BCUT2D eigenvalue weighted by Gasteiger charge is -2.10. The second-order valence-electron chi connectivity index (χ2n) is 2.42. The van der Waals surface area contributed by atoms with E-state index in [1.54, 1.807) is 0 Å². The van der Waals surface area contributed by atoms with E-state index in [0.29, 0.717) is 0 Å². The Morgan fingerprint density at radius 3 is 2.50 bits per heavy atom. The molecule has 0 saturated carbocycles. The van der Waals surface area contributed by atoms with Crippen LogP contribution in [0.25, 0.3) is 0 Å². The number of amides is 1. The summed E-state index contributed by atoms with van der Waals surface area (Å²) < 4.78 is 0. The average Bonchev–Trinajstić information content (AvgIpc) is 2.53. The Labute approximate surface area is 70.3 Å². The summed E-state index contributed by atoms with van der Waals surface area (Å²) in [4.78, 5) is 11.1. The number of carbonyl (C=O) groups excluding carboxylic acids is 1. The fourth-order valence-corrected chi connectivity index (χ4v) is 1.05. The summed E-state index contributed by atoms with van der Waals surface area (Å²) in [7, 11) is 0. The predicted octanol–water partition coefficient (Wildman–Crippen LogP) is 1.22. The lowest BCUT2D eigenvalue weighted by Crippen LogP contribution is -2.19. The van der Waals surface area contributed by atoms with Crippen LogP contribution in [0.4, 0.5) is 5.69 Å². The molecule has 0 fully saturated rings. The highest BCUT2D eigenvalue weighted by atomic mass is 16.2. The molecule has 2 rings (SSSR count). The van der Waals surface area contributed by atoms with Crippen molar-refractivity contribution in [3.63, 3.8) is 0 Å². The zero-order chi connectivity index (χ0) is 8.39. The number of nitrogens with zero attached hydrogens (tertiary/aromatic N) is 2. The summed E-state index contributed by atoms with van der Waals surface area (Å²) in [6, 6.07) is 9.33. The van der Waals surface area contributed by atoms with Crippen LogP contribution in [-0.4, -0.2) is 12.1 Å². The summed E-state index contributed by atoms with van der Waals surface area (Å²) in [5, 5.41) is 5.25. The molecule has 0 bridgehead atoms. The second kappa shape index (κ2) is 2.77. The van der Waals surface area contributed by atoms with E-state index in [2.05, 4.69) is 5.10 Å². The summed E-state index contributed by atoms with van der Waals surface area (Å²) in [6.45, 7) is 0. The van der Waals surface area contributed by atoms with Crippen molar-refractivity contribution < 1.29 is 4.79 Å². The SMILES string of the molecule is O=C1[CH]C=NN1c1ccccc1. The Bertz CT molecular complexity index is 319. The molecule has 1 radical (unpaired) electrons. The quantitative estimate of drug-likeness (QED) is 0.606. The molecule has 1 heterocycles. The fraction of sp³-hybridized carbons (Fsp3) is 0. The number of benzene rings is 1. The van der Waals surface area contributed by atoms with Crippen molar-refractivity contribution in [3.8, 4) is 0 Å². The maximum Gasteiger partial charge on any atom is 0.257 e. The molecule has 0 spiro atoms. The van der Waals surface area contributed by atoms with Gasteiger partial charge in [-0.3, -0.25) is 4.79 Å². The van der Waals surface area contributed by atoms with Crippen LogP contribution < -0.4 is 5.01 Å². The van der Waals surface area contributed by atoms with Crippen LogP contribution in [0.5, 0.6) is 0 Å².